The molecule has 0 bridgehead atoms. The molecule has 178 valence electrons. The van der Waals surface area contributed by atoms with Gasteiger partial charge in [-0.25, -0.2) is 4.79 Å². The minimum absolute atomic E-state index is 0.0335. The minimum atomic E-state index is -0.954. The summed E-state index contributed by atoms with van der Waals surface area (Å²) in [7, 11) is 0. The van der Waals surface area contributed by atoms with Crippen LogP contribution in [0.4, 0.5) is 0 Å². The second kappa shape index (κ2) is 9.56. The van der Waals surface area contributed by atoms with Crippen molar-refractivity contribution in [1.29, 1.82) is 0 Å². The van der Waals surface area contributed by atoms with Crippen LogP contribution in [0.3, 0.4) is 0 Å². The highest BCUT2D eigenvalue weighted by Crippen LogP contribution is 2.48. The summed E-state index contributed by atoms with van der Waals surface area (Å²) in [6.45, 7) is 11.6. The Bertz CT molecular complexity index is 1180. The van der Waals surface area contributed by atoms with Crippen LogP contribution in [0.5, 0.6) is 11.5 Å². The Hall–Kier alpha value is -2.86. The minimum Gasteiger partial charge on any atom is -0.506 e. The van der Waals surface area contributed by atoms with Gasteiger partial charge in [0.05, 0.1) is 17.1 Å². The topological polar surface area (TPSA) is 97.0 Å². The highest BCUT2D eigenvalue weighted by atomic mass is 16.5. The Labute approximate surface area is 194 Å². The molecule has 2 N–H and O–H groups in total. The zero-order valence-corrected chi connectivity index (χ0v) is 20.3. The van der Waals surface area contributed by atoms with Gasteiger partial charge in [-0.3, -0.25) is 4.79 Å². The Morgan fingerprint density at radius 1 is 1.27 bits per heavy atom. The number of aliphatic hydroxyl groups excluding tert-OH is 1. The first-order chi connectivity index (χ1) is 15.5. The Morgan fingerprint density at radius 3 is 2.58 bits per heavy atom. The zero-order chi connectivity index (χ0) is 24.5. The number of aliphatic hydroxyl groups is 1. The monoisotopic (exact) mass is 454 g/mol. The number of benzene rings is 1. The van der Waals surface area contributed by atoms with Gasteiger partial charge in [0, 0.05) is 18.1 Å². The van der Waals surface area contributed by atoms with Crippen molar-refractivity contribution in [3.05, 3.63) is 50.9 Å². The number of hydrogen-bond acceptors (Lipinski definition) is 6. The molecule has 0 radical (unpaired) electrons. The molecule has 1 aromatic carbocycles. The number of carbonyl (C=O) groups excluding carboxylic acids is 1. The van der Waals surface area contributed by atoms with Crippen LogP contribution in [-0.4, -0.2) is 21.6 Å². The molecule has 0 fully saturated rings. The van der Waals surface area contributed by atoms with E-state index in [4.69, 9.17) is 9.15 Å². The lowest BCUT2D eigenvalue weighted by Gasteiger charge is -2.33. The maximum absolute atomic E-state index is 13.1. The second-order valence-corrected chi connectivity index (χ2v) is 9.70. The van der Waals surface area contributed by atoms with E-state index in [1.165, 1.54) is 11.6 Å². The predicted molar refractivity (Wildman–Crippen MR) is 130 cm³/mol. The number of rotatable bonds is 8. The van der Waals surface area contributed by atoms with Crippen molar-refractivity contribution in [3.8, 4) is 11.5 Å². The summed E-state index contributed by atoms with van der Waals surface area (Å²) in [5, 5.41) is 22.2. The van der Waals surface area contributed by atoms with E-state index in [-0.39, 0.29) is 35.0 Å². The van der Waals surface area contributed by atoms with Gasteiger partial charge in [-0.1, -0.05) is 32.4 Å². The van der Waals surface area contributed by atoms with E-state index in [2.05, 4.69) is 6.08 Å². The second-order valence-electron chi connectivity index (χ2n) is 9.70. The van der Waals surface area contributed by atoms with E-state index in [0.717, 1.165) is 6.42 Å². The number of Topliss-reactive ketones (excluding diaryl/α,β-unsaturated/α-hetero) is 1. The van der Waals surface area contributed by atoms with Crippen LogP contribution in [0.15, 0.2) is 33.0 Å². The van der Waals surface area contributed by atoms with Crippen molar-refractivity contribution < 1.29 is 24.2 Å². The van der Waals surface area contributed by atoms with Crippen LogP contribution < -0.4 is 10.4 Å². The van der Waals surface area contributed by atoms with Crippen molar-refractivity contribution >= 4 is 22.8 Å². The average molecular weight is 455 g/mol. The maximum atomic E-state index is 13.1. The fourth-order valence-electron chi connectivity index (χ4n) is 4.19. The lowest BCUT2D eigenvalue weighted by Crippen LogP contribution is -2.32. The Morgan fingerprint density at radius 2 is 1.97 bits per heavy atom. The number of ketones is 1. The molecule has 6 nitrogen and oxygen atoms in total. The van der Waals surface area contributed by atoms with Crippen molar-refractivity contribution in [2.45, 2.75) is 78.9 Å². The van der Waals surface area contributed by atoms with Gasteiger partial charge >= 0.3 is 5.63 Å². The zero-order valence-electron chi connectivity index (χ0n) is 20.3. The van der Waals surface area contributed by atoms with Crippen LogP contribution in [-0.2, 0) is 0 Å². The van der Waals surface area contributed by atoms with Gasteiger partial charge in [-0.2, -0.15) is 0 Å². The van der Waals surface area contributed by atoms with Gasteiger partial charge in [0.25, 0.3) is 0 Å². The lowest BCUT2D eigenvalue weighted by molar-refractivity contribution is 0.0965. The summed E-state index contributed by atoms with van der Waals surface area (Å²) in [5.41, 5.74) is 0.459. The highest BCUT2D eigenvalue weighted by Gasteiger charge is 2.35. The summed E-state index contributed by atoms with van der Waals surface area (Å²) in [5.74, 6) is -0.231. The van der Waals surface area contributed by atoms with Crippen LogP contribution in [0.25, 0.3) is 17.0 Å². The van der Waals surface area contributed by atoms with Crippen LogP contribution in [0, 0.1) is 5.92 Å². The van der Waals surface area contributed by atoms with Gasteiger partial charge in [0.15, 0.2) is 11.4 Å². The molecule has 1 aromatic heterocycles. The molecule has 0 saturated carbocycles. The van der Waals surface area contributed by atoms with Gasteiger partial charge in [-0.15, -0.1) is 0 Å². The summed E-state index contributed by atoms with van der Waals surface area (Å²) >= 11 is 0. The summed E-state index contributed by atoms with van der Waals surface area (Å²) in [6.07, 6.45) is 6.84. The predicted octanol–water partition coefficient (Wildman–Crippen LogP) is 6.08. The third-order valence-electron chi connectivity index (χ3n) is 5.93. The van der Waals surface area contributed by atoms with Crippen LogP contribution in [0.2, 0.25) is 0 Å². The molecule has 0 amide bonds. The number of hydrogen-bond donors (Lipinski definition) is 2. The first-order valence-electron chi connectivity index (χ1n) is 11.6. The molecule has 2 atom stereocenters. The number of allylic oxidation sites excluding steroid dienone is 2. The van der Waals surface area contributed by atoms with Crippen molar-refractivity contribution in [2.75, 3.05) is 0 Å². The molecule has 6 heteroatoms. The van der Waals surface area contributed by atoms with E-state index in [1.54, 1.807) is 13.0 Å². The molecular formula is C27H34O6. The van der Waals surface area contributed by atoms with Crippen molar-refractivity contribution in [2.24, 2.45) is 5.92 Å². The normalized spacial score (nSPS) is 18.2. The molecule has 33 heavy (non-hydrogen) atoms. The van der Waals surface area contributed by atoms with E-state index in [1.807, 2.05) is 40.7 Å². The summed E-state index contributed by atoms with van der Waals surface area (Å²) in [6, 6.07) is 1.24. The van der Waals surface area contributed by atoms with Crippen molar-refractivity contribution in [3.63, 3.8) is 0 Å². The number of ether oxygens (including phenoxy) is 1. The first-order valence-corrected chi connectivity index (χ1v) is 11.6. The molecule has 2 aromatic rings. The van der Waals surface area contributed by atoms with Crippen LogP contribution in [0.1, 0.15) is 94.8 Å². The summed E-state index contributed by atoms with van der Waals surface area (Å²) in [4.78, 5) is 25.5. The SMILES string of the molecule is CC[C@H](O)c1cc(=O)oc2c(C(=O)CC(C)C)c(O)c3c(c12)O[C@](C)(CCC=C(C)C)C=C3. The van der Waals surface area contributed by atoms with Gasteiger partial charge in [0.2, 0.25) is 0 Å². The smallest absolute Gasteiger partial charge is 0.336 e. The van der Waals surface area contributed by atoms with Gasteiger partial charge < -0.3 is 19.4 Å². The standard InChI is InChI=1S/C27H34O6/c1-7-19(28)18-14-21(30)32-26-22(18)25-17(24(31)23(26)20(29)13-16(4)5)10-12-27(6,33-25)11-8-9-15(2)3/h9-10,12,14,16,19,28,31H,7-8,11,13H2,1-6H3/t19-,27+/m0/s1. The molecule has 3 rings (SSSR count). The van der Waals surface area contributed by atoms with E-state index in [0.29, 0.717) is 35.1 Å². The average Bonchev–Trinajstić information content (AvgIpc) is 2.71. The highest BCUT2D eigenvalue weighted by molar-refractivity contribution is 6.12. The quantitative estimate of drug-likeness (QED) is 0.285. The number of fused-ring (bicyclic) bond motifs is 3. The fourth-order valence-corrected chi connectivity index (χ4v) is 4.19. The molecule has 0 spiro atoms. The van der Waals surface area contributed by atoms with Gasteiger partial charge in [0.1, 0.15) is 22.7 Å². The maximum Gasteiger partial charge on any atom is 0.336 e. The third-order valence-corrected chi connectivity index (χ3v) is 5.93. The van der Waals surface area contributed by atoms with E-state index < -0.39 is 17.3 Å². The fraction of sp³-hybridized carbons (Fsp3) is 0.481. The lowest BCUT2D eigenvalue weighted by atomic mass is 9.88. The first kappa shape index (κ1) is 24.8. The number of phenolic OH excluding ortho intramolecular Hbond substituents is 1. The third kappa shape index (κ3) is 5.06. The number of carbonyl (C=O) groups is 1. The molecule has 1 aliphatic rings. The Kier molecular flexibility index (Phi) is 7.17. The number of aromatic hydroxyl groups is 1. The molecule has 0 aliphatic carbocycles. The van der Waals surface area contributed by atoms with Crippen molar-refractivity contribution in [1.82, 2.24) is 0 Å². The molecular weight excluding hydrogens is 420 g/mol. The van der Waals surface area contributed by atoms with E-state index >= 15 is 0 Å². The largest absolute Gasteiger partial charge is 0.506 e. The van der Waals surface area contributed by atoms with E-state index in [9.17, 15) is 19.8 Å². The molecule has 1 aliphatic heterocycles. The van der Waals surface area contributed by atoms with Gasteiger partial charge in [-0.05, 0) is 58.1 Å². The van der Waals surface area contributed by atoms with Crippen LogP contribution >= 0.6 is 0 Å². The molecule has 2 heterocycles. The molecule has 0 saturated heterocycles. The Balaban J connectivity index is 2.32. The number of phenols is 1. The summed E-state index contributed by atoms with van der Waals surface area (Å²) < 4.78 is 11.9. The molecule has 0 unspecified atom stereocenters.